The van der Waals surface area contributed by atoms with Crippen LogP contribution in [0.3, 0.4) is 0 Å². The second-order valence-electron chi connectivity index (χ2n) is 6.66. The lowest BCUT2D eigenvalue weighted by atomic mass is 9.91. The van der Waals surface area contributed by atoms with Gasteiger partial charge in [0.15, 0.2) is 26.9 Å². The van der Waals surface area contributed by atoms with E-state index in [1.165, 1.54) is 12.3 Å². The SMILES string of the molecule is N=N/C(=C\Nc1ccc(F)c(OC(F)F)c1)COc1ncc(F)c(NC2CC(F)(I)C2)n1. The summed E-state index contributed by atoms with van der Waals surface area (Å²) < 4.78 is 73.6. The first-order chi connectivity index (χ1) is 15.1. The molecule has 14 heteroatoms. The van der Waals surface area contributed by atoms with Crippen molar-refractivity contribution in [3.8, 4) is 11.8 Å². The van der Waals surface area contributed by atoms with Crippen molar-refractivity contribution < 1.29 is 31.4 Å². The lowest BCUT2D eigenvalue weighted by Crippen LogP contribution is -2.43. The molecular formula is C18H16F5IN6O2. The van der Waals surface area contributed by atoms with Gasteiger partial charge in [0.2, 0.25) is 0 Å². The minimum absolute atomic E-state index is 0.0270. The van der Waals surface area contributed by atoms with E-state index < -0.39 is 27.7 Å². The highest BCUT2D eigenvalue weighted by Crippen LogP contribution is 2.43. The summed E-state index contributed by atoms with van der Waals surface area (Å²) in [5, 5.41) is 8.67. The second kappa shape index (κ2) is 10.2. The van der Waals surface area contributed by atoms with Gasteiger partial charge in [0.25, 0.3) is 0 Å². The summed E-state index contributed by atoms with van der Waals surface area (Å²) in [6.07, 6.45) is 2.51. The van der Waals surface area contributed by atoms with Gasteiger partial charge in [0.05, 0.1) is 6.20 Å². The molecule has 0 radical (unpaired) electrons. The summed E-state index contributed by atoms with van der Waals surface area (Å²) in [4.78, 5) is 7.58. The van der Waals surface area contributed by atoms with Crippen molar-refractivity contribution in [3.05, 3.63) is 47.9 Å². The van der Waals surface area contributed by atoms with Crippen LogP contribution >= 0.6 is 22.6 Å². The van der Waals surface area contributed by atoms with Gasteiger partial charge in [-0.25, -0.2) is 23.7 Å². The molecule has 1 heterocycles. The largest absolute Gasteiger partial charge is 0.457 e. The van der Waals surface area contributed by atoms with Crippen molar-refractivity contribution in [3.63, 3.8) is 0 Å². The Balaban J connectivity index is 1.60. The average Bonchev–Trinajstić information content (AvgIpc) is 2.70. The number of benzene rings is 1. The molecule has 1 saturated carbocycles. The van der Waals surface area contributed by atoms with E-state index in [4.69, 9.17) is 10.3 Å². The Morgan fingerprint density at radius 1 is 1.34 bits per heavy atom. The van der Waals surface area contributed by atoms with Gasteiger partial charge in [-0.05, 0) is 34.7 Å². The van der Waals surface area contributed by atoms with Crippen LogP contribution in [-0.4, -0.2) is 32.9 Å². The average molecular weight is 570 g/mol. The molecule has 2 aromatic rings. The first kappa shape index (κ1) is 23.9. The smallest absolute Gasteiger partial charge is 0.387 e. The zero-order valence-corrected chi connectivity index (χ0v) is 18.2. The fraction of sp³-hybridized carbons (Fsp3) is 0.333. The lowest BCUT2D eigenvalue weighted by molar-refractivity contribution is -0.0521. The van der Waals surface area contributed by atoms with Crippen molar-refractivity contribution in [2.75, 3.05) is 17.2 Å². The molecule has 0 unspecified atom stereocenters. The van der Waals surface area contributed by atoms with Gasteiger partial charge in [-0.2, -0.15) is 18.9 Å². The van der Waals surface area contributed by atoms with Gasteiger partial charge in [-0.15, -0.1) is 0 Å². The quantitative estimate of drug-likeness (QED) is 0.153. The summed E-state index contributed by atoms with van der Waals surface area (Å²) in [7, 11) is 0. The van der Waals surface area contributed by atoms with Crippen molar-refractivity contribution in [1.82, 2.24) is 9.97 Å². The van der Waals surface area contributed by atoms with Crippen LogP contribution in [0.4, 0.5) is 33.5 Å². The summed E-state index contributed by atoms with van der Waals surface area (Å²) in [6.45, 7) is -3.49. The minimum atomic E-state index is -3.19. The number of aromatic nitrogens is 2. The summed E-state index contributed by atoms with van der Waals surface area (Å²) in [5.74, 6) is -2.50. The molecule has 1 aliphatic rings. The molecule has 1 aromatic heterocycles. The number of rotatable bonds is 10. The Morgan fingerprint density at radius 3 is 2.75 bits per heavy atom. The van der Waals surface area contributed by atoms with E-state index in [-0.39, 0.29) is 48.7 Å². The van der Waals surface area contributed by atoms with Crippen molar-refractivity contribution in [2.45, 2.75) is 29.2 Å². The zero-order chi connectivity index (χ0) is 23.3. The van der Waals surface area contributed by atoms with E-state index in [0.717, 1.165) is 18.3 Å². The fourth-order valence-electron chi connectivity index (χ4n) is 2.67. The standard InChI is InChI=1S/C18H16F5IN6O2/c19-12-2-1-9(3-14(12)32-16(21)22)26-6-11(30-25)8-31-17-27-7-13(20)15(29-17)28-10-4-18(23,24)5-10/h1-3,6-7,10,16,25-26H,4-5,8H2,(H,27,28,29)/b11-6-,30-25?. The zero-order valence-electron chi connectivity index (χ0n) is 16.1. The first-order valence-electron chi connectivity index (χ1n) is 9.02. The summed E-state index contributed by atoms with van der Waals surface area (Å²) in [6, 6.07) is 2.71. The van der Waals surface area contributed by atoms with Crippen LogP contribution in [0.5, 0.6) is 11.8 Å². The van der Waals surface area contributed by atoms with E-state index in [1.54, 1.807) is 22.6 Å². The number of alkyl halides is 4. The van der Waals surface area contributed by atoms with E-state index in [0.29, 0.717) is 0 Å². The van der Waals surface area contributed by atoms with Crippen LogP contribution < -0.4 is 20.1 Å². The van der Waals surface area contributed by atoms with Gasteiger partial charge >= 0.3 is 12.6 Å². The lowest BCUT2D eigenvalue weighted by Gasteiger charge is -2.37. The van der Waals surface area contributed by atoms with Crippen molar-refractivity contribution in [1.29, 1.82) is 5.53 Å². The molecular weight excluding hydrogens is 554 g/mol. The Morgan fingerprint density at radius 2 is 2.09 bits per heavy atom. The van der Waals surface area contributed by atoms with Gasteiger partial charge in [-0.3, -0.25) is 0 Å². The first-order valence-corrected chi connectivity index (χ1v) is 10.1. The molecule has 172 valence electrons. The number of hydrogen-bond donors (Lipinski definition) is 3. The number of ether oxygens (including phenoxy) is 2. The van der Waals surface area contributed by atoms with Crippen molar-refractivity contribution in [2.24, 2.45) is 5.11 Å². The second-order valence-corrected chi connectivity index (χ2v) is 8.59. The predicted octanol–water partition coefficient (Wildman–Crippen LogP) is 5.39. The molecule has 0 aliphatic heterocycles. The predicted molar refractivity (Wildman–Crippen MR) is 112 cm³/mol. The minimum Gasteiger partial charge on any atom is -0.457 e. The maximum Gasteiger partial charge on any atom is 0.387 e. The van der Waals surface area contributed by atoms with Gasteiger partial charge in [-0.1, -0.05) is 0 Å². The van der Waals surface area contributed by atoms with E-state index in [1.807, 2.05) is 0 Å². The van der Waals surface area contributed by atoms with Gasteiger partial charge in [0, 0.05) is 36.8 Å². The maximum atomic E-state index is 13.9. The molecule has 0 bridgehead atoms. The van der Waals surface area contributed by atoms with Crippen molar-refractivity contribution >= 4 is 34.1 Å². The molecule has 32 heavy (non-hydrogen) atoms. The topological polar surface area (TPSA) is 105 Å². The number of halogens is 6. The molecule has 1 aliphatic carbocycles. The van der Waals surface area contributed by atoms with Crippen LogP contribution in [0.15, 0.2) is 41.4 Å². The van der Waals surface area contributed by atoms with E-state index in [2.05, 4.69) is 30.5 Å². The fourth-order valence-corrected chi connectivity index (χ4v) is 3.73. The number of nitrogens with zero attached hydrogens (tertiary/aromatic N) is 3. The highest BCUT2D eigenvalue weighted by molar-refractivity contribution is 14.1. The molecule has 8 nitrogen and oxygen atoms in total. The highest BCUT2D eigenvalue weighted by atomic mass is 127. The van der Waals surface area contributed by atoms with E-state index in [9.17, 15) is 22.0 Å². The third-order valence-corrected chi connectivity index (χ3v) is 5.08. The van der Waals surface area contributed by atoms with Crippen LogP contribution in [0.1, 0.15) is 12.8 Å². The number of anilines is 2. The number of hydrogen-bond acceptors (Lipinski definition) is 8. The van der Waals surface area contributed by atoms with Gasteiger partial charge < -0.3 is 20.1 Å². The molecule has 0 amide bonds. The molecule has 3 N–H and O–H groups in total. The summed E-state index contributed by atoms with van der Waals surface area (Å²) in [5.41, 5.74) is 7.42. The Hall–Kier alpha value is -2.78. The van der Waals surface area contributed by atoms with Crippen LogP contribution in [-0.2, 0) is 0 Å². The maximum absolute atomic E-state index is 13.9. The van der Waals surface area contributed by atoms with Crippen LogP contribution in [0.25, 0.3) is 0 Å². The van der Waals surface area contributed by atoms with Gasteiger partial charge in [0.1, 0.15) is 12.3 Å². The molecule has 0 atom stereocenters. The third kappa shape index (κ3) is 6.61. The normalized spacial score (nSPS) is 20.5. The molecule has 0 spiro atoms. The number of nitrogens with one attached hydrogen (secondary N) is 3. The Bertz CT molecular complexity index is 1000. The molecule has 3 rings (SSSR count). The Labute approximate surface area is 192 Å². The third-order valence-electron chi connectivity index (χ3n) is 4.20. The molecule has 0 saturated heterocycles. The molecule has 1 fully saturated rings. The van der Waals surface area contributed by atoms with Crippen LogP contribution in [0.2, 0.25) is 0 Å². The highest BCUT2D eigenvalue weighted by Gasteiger charge is 2.42. The monoisotopic (exact) mass is 570 g/mol. The van der Waals surface area contributed by atoms with Crippen LogP contribution in [0, 0.1) is 17.2 Å². The Kier molecular flexibility index (Phi) is 7.63. The summed E-state index contributed by atoms with van der Waals surface area (Å²) >= 11 is 1.69. The molecule has 1 aromatic carbocycles. The van der Waals surface area contributed by atoms with E-state index >= 15 is 0 Å².